The van der Waals surface area contributed by atoms with Crippen molar-refractivity contribution in [1.29, 1.82) is 0 Å². The van der Waals surface area contributed by atoms with Gasteiger partial charge in [-0.05, 0) is 51.2 Å². The third-order valence-corrected chi connectivity index (χ3v) is 4.35. The summed E-state index contributed by atoms with van der Waals surface area (Å²) in [4.78, 5) is 2.61. The average molecular weight is 224 g/mol. The molecule has 2 heteroatoms. The molecule has 0 aromatic rings. The van der Waals surface area contributed by atoms with Gasteiger partial charge in [-0.1, -0.05) is 26.2 Å². The van der Waals surface area contributed by atoms with Crippen molar-refractivity contribution >= 4 is 0 Å². The van der Waals surface area contributed by atoms with E-state index in [1.54, 1.807) is 0 Å². The van der Waals surface area contributed by atoms with E-state index in [1.807, 2.05) is 0 Å². The summed E-state index contributed by atoms with van der Waals surface area (Å²) in [6.07, 6.45) is 10.0. The minimum atomic E-state index is 0.839. The van der Waals surface area contributed by atoms with Crippen molar-refractivity contribution in [3.63, 3.8) is 0 Å². The van der Waals surface area contributed by atoms with E-state index in [9.17, 15) is 0 Å². The van der Waals surface area contributed by atoms with Crippen LogP contribution in [0.15, 0.2) is 0 Å². The molecule has 0 amide bonds. The molecule has 1 N–H and O–H groups in total. The number of hydrogen-bond acceptors (Lipinski definition) is 2. The Morgan fingerprint density at radius 3 is 2.62 bits per heavy atom. The quantitative estimate of drug-likeness (QED) is 0.790. The lowest BCUT2D eigenvalue weighted by Crippen LogP contribution is -2.42. The van der Waals surface area contributed by atoms with Crippen molar-refractivity contribution in [2.75, 3.05) is 26.2 Å². The minimum absolute atomic E-state index is 0.839. The second kappa shape index (κ2) is 6.61. The monoisotopic (exact) mass is 224 g/mol. The molecule has 16 heavy (non-hydrogen) atoms. The van der Waals surface area contributed by atoms with E-state index in [0.29, 0.717) is 0 Å². The van der Waals surface area contributed by atoms with E-state index in [0.717, 1.165) is 12.0 Å². The highest BCUT2D eigenvalue weighted by Gasteiger charge is 2.20. The molecule has 94 valence electrons. The van der Waals surface area contributed by atoms with Crippen LogP contribution in [0.2, 0.25) is 0 Å². The van der Waals surface area contributed by atoms with Crippen LogP contribution in [0.25, 0.3) is 0 Å². The zero-order valence-electron chi connectivity index (χ0n) is 10.9. The van der Waals surface area contributed by atoms with Crippen LogP contribution in [0.3, 0.4) is 0 Å². The van der Waals surface area contributed by atoms with Gasteiger partial charge in [-0.25, -0.2) is 0 Å². The number of piperidine rings is 1. The first-order valence-electron chi connectivity index (χ1n) is 7.34. The van der Waals surface area contributed by atoms with Gasteiger partial charge >= 0.3 is 0 Å². The van der Waals surface area contributed by atoms with Crippen molar-refractivity contribution in [2.45, 2.75) is 57.9 Å². The lowest BCUT2D eigenvalue weighted by Gasteiger charge is -2.33. The van der Waals surface area contributed by atoms with E-state index >= 15 is 0 Å². The maximum atomic E-state index is 3.81. The molecule has 2 aliphatic rings. The number of rotatable bonds is 4. The van der Waals surface area contributed by atoms with E-state index in [4.69, 9.17) is 0 Å². The van der Waals surface area contributed by atoms with Crippen molar-refractivity contribution < 1.29 is 0 Å². The van der Waals surface area contributed by atoms with Gasteiger partial charge in [-0.2, -0.15) is 0 Å². The van der Waals surface area contributed by atoms with Gasteiger partial charge in [0.1, 0.15) is 0 Å². The summed E-state index contributed by atoms with van der Waals surface area (Å²) in [5, 5.41) is 3.81. The lowest BCUT2D eigenvalue weighted by atomic mass is 9.93. The fourth-order valence-corrected chi connectivity index (χ4v) is 3.25. The molecule has 1 unspecified atom stereocenters. The van der Waals surface area contributed by atoms with Crippen molar-refractivity contribution in [3.8, 4) is 0 Å². The summed E-state index contributed by atoms with van der Waals surface area (Å²) in [6.45, 7) is 7.45. The van der Waals surface area contributed by atoms with E-state index < -0.39 is 0 Å². The molecule has 2 fully saturated rings. The largest absolute Gasteiger partial charge is 0.314 e. The highest BCUT2D eigenvalue weighted by Crippen LogP contribution is 2.19. The van der Waals surface area contributed by atoms with Gasteiger partial charge in [0.2, 0.25) is 0 Å². The predicted molar refractivity (Wildman–Crippen MR) is 69.7 cm³/mol. The third-order valence-electron chi connectivity index (χ3n) is 4.35. The summed E-state index contributed by atoms with van der Waals surface area (Å²) in [5.41, 5.74) is 0. The topological polar surface area (TPSA) is 15.3 Å². The van der Waals surface area contributed by atoms with Crippen molar-refractivity contribution in [2.24, 2.45) is 5.92 Å². The molecule has 1 aliphatic carbocycles. The van der Waals surface area contributed by atoms with Crippen LogP contribution in [0.1, 0.15) is 51.9 Å². The molecule has 0 radical (unpaired) electrons. The first-order chi connectivity index (χ1) is 7.88. The number of nitrogens with one attached hydrogen (secondary N) is 1. The standard InChI is InChI=1S/C14H28N2/c1-2-16-10-6-7-13(12-16)11-15-14-8-4-3-5-9-14/h13-15H,2-12H2,1H3. The van der Waals surface area contributed by atoms with E-state index in [-0.39, 0.29) is 0 Å². The highest BCUT2D eigenvalue weighted by atomic mass is 15.1. The second-order valence-electron chi connectivity index (χ2n) is 5.64. The lowest BCUT2D eigenvalue weighted by molar-refractivity contribution is 0.175. The fourth-order valence-electron chi connectivity index (χ4n) is 3.25. The van der Waals surface area contributed by atoms with Gasteiger partial charge in [0, 0.05) is 12.6 Å². The molecular weight excluding hydrogens is 196 g/mol. The van der Waals surface area contributed by atoms with E-state index in [1.165, 1.54) is 71.1 Å². The Morgan fingerprint density at radius 2 is 1.88 bits per heavy atom. The molecule has 2 rings (SSSR count). The van der Waals surface area contributed by atoms with Crippen molar-refractivity contribution in [3.05, 3.63) is 0 Å². The zero-order valence-corrected chi connectivity index (χ0v) is 10.9. The first-order valence-corrected chi connectivity index (χ1v) is 7.34. The van der Waals surface area contributed by atoms with Crippen LogP contribution in [0.5, 0.6) is 0 Å². The Kier molecular flexibility index (Phi) is 5.11. The molecule has 1 saturated carbocycles. The second-order valence-corrected chi connectivity index (χ2v) is 5.64. The first kappa shape index (κ1) is 12.4. The molecular formula is C14H28N2. The summed E-state index contributed by atoms with van der Waals surface area (Å²) in [7, 11) is 0. The highest BCUT2D eigenvalue weighted by molar-refractivity contribution is 4.77. The van der Waals surface area contributed by atoms with Crippen LogP contribution in [0.4, 0.5) is 0 Å². The van der Waals surface area contributed by atoms with Crippen LogP contribution in [-0.2, 0) is 0 Å². The summed E-state index contributed by atoms with van der Waals surface area (Å²) in [5.74, 6) is 0.913. The van der Waals surface area contributed by atoms with Gasteiger partial charge in [-0.3, -0.25) is 0 Å². The molecule has 0 bridgehead atoms. The summed E-state index contributed by atoms with van der Waals surface area (Å²) < 4.78 is 0. The SMILES string of the molecule is CCN1CCCC(CNC2CCCCC2)C1. The Hall–Kier alpha value is -0.0800. The Balaban J connectivity index is 1.64. The molecule has 1 saturated heterocycles. The van der Waals surface area contributed by atoms with Gasteiger partial charge in [0.15, 0.2) is 0 Å². The Bertz CT molecular complexity index is 187. The molecule has 1 heterocycles. The number of hydrogen-bond donors (Lipinski definition) is 1. The summed E-state index contributed by atoms with van der Waals surface area (Å²) >= 11 is 0. The normalized spacial score (nSPS) is 29.4. The molecule has 0 aromatic carbocycles. The van der Waals surface area contributed by atoms with Gasteiger partial charge < -0.3 is 10.2 Å². The molecule has 1 aliphatic heterocycles. The van der Waals surface area contributed by atoms with Crippen molar-refractivity contribution in [1.82, 2.24) is 10.2 Å². The number of nitrogens with zero attached hydrogens (tertiary/aromatic N) is 1. The molecule has 2 nitrogen and oxygen atoms in total. The molecule has 0 spiro atoms. The van der Waals surface area contributed by atoms with Gasteiger partial charge in [-0.15, -0.1) is 0 Å². The Morgan fingerprint density at radius 1 is 1.06 bits per heavy atom. The maximum Gasteiger partial charge on any atom is 0.00671 e. The predicted octanol–water partition coefficient (Wildman–Crippen LogP) is 2.64. The summed E-state index contributed by atoms with van der Waals surface area (Å²) in [6, 6.07) is 0.839. The van der Waals surface area contributed by atoms with Crippen LogP contribution >= 0.6 is 0 Å². The van der Waals surface area contributed by atoms with Gasteiger partial charge in [0.05, 0.1) is 0 Å². The molecule has 0 aromatic heterocycles. The fraction of sp³-hybridized carbons (Fsp3) is 1.00. The number of likely N-dealkylation sites (tertiary alicyclic amines) is 1. The smallest absolute Gasteiger partial charge is 0.00671 e. The van der Waals surface area contributed by atoms with E-state index in [2.05, 4.69) is 17.1 Å². The van der Waals surface area contributed by atoms with Crippen LogP contribution in [0, 0.1) is 5.92 Å². The average Bonchev–Trinajstić information content (AvgIpc) is 2.38. The molecule has 1 atom stereocenters. The van der Waals surface area contributed by atoms with Gasteiger partial charge in [0.25, 0.3) is 0 Å². The Labute approximate surface area is 101 Å². The van der Waals surface area contributed by atoms with Crippen LogP contribution in [-0.4, -0.2) is 37.1 Å². The van der Waals surface area contributed by atoms with Crippen LogP contribution < -0.4 is 5.32 Å². The minimum Gasteiger partial charge on any atom is -0.314 e. The maximum absolute atomic E-state index is 3.81. The zero-order chi connectivity index (χ0) is 11.2. The third kappa shape index (κ3) is 3.74.